The van der Waals surface area contributed by atoms with E-state index in [1.165, 1.54) is 5.56 Å². The molecule has 108 valence electrons. The summed E-state index contributed by atoms with van der Waals surface area (Å²) in [5.41, 5.74) is 1.52. The summed E-state index contributed by atoms with van der Waals surface area (Å²) in [7, 11) is 4.23. The molecule has 2 N–H and O–H groups in total. The molecule has 0 radical (unpaired) electrons. The first-order valence-corrected chi connectivity index (χ1v) is 6.94. The minimum Gasteiger partial charge on any atom is -0.508 e. The van der Waals surface area contributed by atoms with Crippen LogP contribution in [0.1, 0.15) is 26.3 Å². The van der Waals surface area contributed by atoms with E-state index < -0.39 is 0 Å². The van der Waals surface area contributed by atoms with E-state index in [-0.39, 0.29) is 5.41 Å². The molecule has 0 bridgehead atoms. The second-order valence-corrected chi connectivity index (χ2v) is 6.55. The van der Waals surface area contributed by atoms with Gasteiger partial charge in [0, 0.05) is 19.1 Å². The third kappa shape index (κ3) is 6.60. The van der Waals surface area contributed by atoms with Gasteiger partial charge in [0.05, 0.1) is 0 Å². The van der Waals surface area contributed by atoms with Crippen molar-refractivity contribution in [3.63, 3.8) is 0 Å². The molecule has 0 fully saturated rings. The number of aromatic hydroxyl groups is 1. The van der Waals surface area contributed by atoms with E-state index >= 15 is 0 Å². The van der Waals surface area contributed by atoms with Gasteiger partial charge in [0.25, 0.3) is 0 Å². The monoisotopic (exact) mass is 264 g/mol. The fourth-order valence-electron chi connectivity index (χ4n) is 2.42. The predicted molar refractivity (Wildman–Crippen MR) is 81.6 cm³/mol. The molecule has 3 heteroatoms. The van der Waals surface area contributed by atoms with Crippen molar-refractivity contribution in [2.24, 2.45) is 5.41 Å². The van der Waals surface area contributed by atoms with E-state index in [1.807, 2.05) is 12.1 Å². The van der Waals surface area contributed by atoms with Crippen LogP contribution in [-0.4, -0.2) is 43.2 Å². The lowest BCUT2D eigenvalue weighted by Crippen LogP contribution is -2.41. The number of phenols is 1. The molecule has 0 aromatic heterocycles. The summed E-state index contributed by atoms with van der Waals surface area (Å²) in [5.74, 6) is 0.330. The van der Waals surface area contributed by atoms with Crippen LogP contribution in [0.5, 0.6) is 5.75 Å². The standard InChI is InChI=1S/C16H28N2O/c1-13(10-14-6-8-15(19)9-7-14)17-11-16(2,3)12-18(4)5/h6-9,13,17,19H,10-12H2,1-5H3. The Balaban J connectivity index is 2.39. The Morgan fingerprint density at radius 1 is 1.21 bits per heavy atom. The highest BCUT2D eigenvalue weighted by molar-refractivity contribution is 5.26. The first kappa shape index (κ1) is 16.0. The molecule has 1 atom stereocenters. The lowest BCUT2D eigenvalue weighted by atomic mass is 9.92. The van der Waals surface area contributed by atoms with Gasteiger partial charge >= 0.3 is 0 Å². The van der Waals surface area contributed by atoms with Gasteiger partial charge in [-0.2, -0.15) is 0 Å². The van der Waals surface area contributed by atoms with Crippen molar-refractivity contribution < 1.29 is 5.11 Å². The molecule has 1 rings (SSSR count). The highest BCUT2D eigenvalue weighted by Gasteiger charge is 2.19. The number of benzene rings is 1. The van der Waals surface area contributed by atoms with Gasteiger partial charge < -0.3 is 15.3 Å². The average molecular weight is 264 g/mol. The zero-order valence-electron chi connectivity index (χ0n) is 12.9. The molecule has 0 saturated heterocycles. The van der Waals surface area contributed by atoms with E-state index in [9.17, 15) is 5.11 Å². The molecule has 19 heavy (non-hydrogen) atoms. The van der Waals surface area contributed by atoms with Crippen molar-refractivity contribution in [2.45, 2.75) is 33.2 Å². The molecule has 3 nitrogen and oxygen atoms in total. The Kier molecular flexibility index (Phi) is 5.83. The van der Waals surface area contributed by atoms with E-state index in [0.717, 1.165) is 19.5 Å². The summed E-state index contributed by atoms with van der Waals surface area (Å²) < 4.78 is 0. The minimum atomic E-state index is 0.271. The lowest BCUT2D eigenvalue weighted by Gasteiger charge is -2.30. The fraction of sp³-hybridized carbons (Fsp3) is 0.625. The van der Waals surface area contributed by atoms with Gasteiger partial charge in [0.15, 0.2) is 0 Å². The number of hydrogen-bond acceptors (Lipinski definition) is 3. The molecular formula is C16H28N2O. The number of hydrogen-bond donors (Lipinski definition) is 2. The van der Waals surface area contributed by atoms with Crippen LogP contribution in [0, 0.1) is 5.41 Å². The maximum atomic E-state index is 9.26. The SMILES string of the molecule is CC(Cc1ccc(O)cc1)NCC(C)(C)CN(C)C. The lowest BCUT2D eigenvalue weighted by molar-refractivity contribution is 0.226. The quantitative estimate of drug-likeness (QED) is 0.794. The van der Waals surface area contributed by atoms with Crippen LogP contribution >= 0.6 is 0 Å². The maximum absolute atomic E-state index is 9.26. The summed E-state index contributed by atoms with van der Waals surface area (Å²) in [4.78, 5) is 2.23. The second-order valence-electron chi connectivity index (χ2n) is 6.55. The van der Waals surface area contributed by atoms with Crippen LogP contribution in [0.25, 0.3) is 0 Å². The van der Waals surface area contributed by atoms with Crippen molar-refractivity contribution in [3.8, 4) is 5.75 Å². The van der Waals surface area contributed by atoms with Crippen LogP contribution in [-0.2, 0) is 6.42 Å². The van der Waals surface area contributed by atoms with Crippen LogP contribution in [0.3, 0.4) is 0 Å². The summed E-state index contributed by atoms with van der Waals surface area (Å²) in [6.07, 6.45) is 0.984. The molecule has 1 unspecified atom stereocenters. The van der Waals surface area contributed by atoms with E-state index in [1.54, 1.807) is 12.1 Å². The minimum absolute atomic E-state index is 0.271. The van der Waals surface area contributed by atoms with Crippen LogP contribution in [0.15, 0.2) is 24.3 Å². The van der Waals surface area contributed by atoms with Crippen molar-refractivity contribution in [1.82, 2.24) is 10.2 Å². The second kappa shape index (κ2) is 6.92. The van der Waals surface area contributed by atoms with Gasteiger partial charge in [0.2, 0.25) is 0 Å². The van der Waals surface area contributed by atoms with Crippen LogP contribution in [0.2, 0.25) is 0 Å². The van der Waals surface area contributed by atoms with Crippen molar-refractivity contribution in [3.05, 3.63) is 29.8 Å². The third-order valence-electron chi connectivity index (χ3n) is 3.15. The first-order valence-electron chi connectivity index (χ1n) is 6.94. The summed E-state index contributed by atoms with van der Waals surface area (Å²) in [5, 5.41) is 12.9. The van der Waals surface area contributed by atoms with E-state index in [2.05, 4.69) is 45.1 Å². The maximum Gasteiger partial charge on any atom is 0.115 e. The fourth-order valence-corrected chi connectivity index (χ4v) is 2.42. The molecule has 1 aromatic rings. The Bertz CT molecular complexity index is 371. The molecule has 0 aliphatic carbocycles. The van der Waals surface area contributed by atoms with Gasteiger partial charge in [-0.15, -0.1) is 0 Å². The number of nitrogens with one attached hydrogen (secondary N) is 1. The van der Waals surface area contributed by atoms with Crippen LogP contribution in [0.4, 0.5) is 0 Å². The smallest absolute Gasteiger partial charge is 0.115 e. The molecule has 0 spiro atoms. The molecule has 1 aromatic carbocycles. The van der Waals surface area contributed by atoms with Gasteiger partial charge in [0.1, 0.15) is 5.75 Å². The molecule has 0 amide bonds. The number of nitrogens with zero attached hydrogens (tertiary/aromatic N) is 1. The molecule has 0 saturated carbocycles. The summed E-state index contributed by atoms with van der Waals surface area (Å²) >= 11 is 0. The van der Waals surface area contributed by atoms with Gasteiger partial charge in [-0.1, -0.05) is 26.0 Å². The zero-order valence-corrected chi connectivity index (χ0v) is 12.9. The molecular weight excluding hydrogens is 236 g/mol. The predicted octanol–water partition coefficient (Wildman–Crippen LogP) is 2.50. The van der Waals surface area contributed by atoms with Gasteiger partial charge in [-0.05, 0) is 50.6 Å². The van der Waals surface area contributed by atoms with Crippen molar-refractivity contribution >= 4 is 0 Å². The van der Waals surface area contributed by atoms with Gasteiger partial charge in [-0.25, -0.2) is 0 Å². The number of phenolic OH excluding ortho intramolecular Hbond substituents is 1. The Morgan fingerprint density at radius 3 is 2.32 bits per heavy atom. The zero-order chi connectivity index (χ0) is 14.5. The molecule has 0 aliphatic heterocycles. The van der Waals surface area contributed by atoms with Crippen molar-refractivity contribution in [1.29, 1.82) is 0 Å². The van der Waals surface area contributed by atoms with Crippen LogP contribution < -0.4 is 5.32 Å². The van der Waals surface area contributed by atoms with Gasteiger partial charge in [-0.3, -0.25) is 0 Å². The van der Waals surface area contributed by atoms with E-state index in [0.29, 0.717) is 11.8 Å². The molecule has 0 heterocycles. The molecule has 0 aliphatic rings. The highest BCUT2D eigenvalue weighted by atomic mass is 16.3. The first-order chi connectivity index (χ1) is 8.78. The Morgan fingerprint density at radius 2 is 1.79 bits per heavy atom. The summed E-state index contributed by atoms with van der Waals surface area (Å²) in [6, 6.07) is 7.90. The van der Waals surface area contributed by atoms with E-state index in [4.69, 9.17) is 0 Å². The van der Waals surface area contributed by atoms with Crippen molar-refractivity contribution in [2.75, 3.05) is 27.2 Å². The largest absolute Gasteiger partial charge is 0.508 e. The topological polar surface area (TPSA) is 35.5 Å². The average Bonchev–Trinajstić information content (AvgIpc) is 2.28. The normalized spacial score (nSPS) is 13.8. The Labute approximate surface area is 117 Å². The summed E-state index contributed by atoms with van der Waals surface area (Å²) in [6.45, 7) is 8.86. The Hall–Kier alpha value is -1.06. The third-order valence-corrected chi connectivity index (χ3v) is 3.15. The highest BCUT2D eigenvalue weighted by Crippen LogP contribution is 2.15. The number of rotatable bonds is 7.